The van der Waals surface area contributed by atoms with Crippen LogP contribution in [0.25, 0.3) is 0 Å². The summed E-state index contributed by atoms with van der Waals surface area (Å²) in [5.74, 6) is 0.163. The highest BCUT2D eigenvalue weighted by atomic mass is 16.2. The molecule has 0 saturated carbocycles. The van der Waals surface area contributed by atoms with E-state index in [0.29, 0.717) is 6.54 Å². The number of hydrogen-bond acceptors (Lipinski definition) is 2. The van der Waals surface area contributed by atoms with Crippen LogP contribution in [0.15, 0.2) is 60.7 Å². The third-order valence-corrected chi connectivity index (χ3v) is 4.65. The van der Waals surface area contributed by atoms with Gasteiger partial charge in [-0.15, -0.1) is 0 Å². The van der Waals surface area contributed by atoms with Gasteiger partial charge in [0.25, 0.3) is 0 Å². The van der Waals surface area contributed by atoms with Gasteiger partial charge in [0.15, 0.2) is 0 Å². The summed E-state index contributed by atoms with van der Waals surface area (Å²) < 4.78 is 0. The van der Waals surface area contributed by atoms with E-state index in [1.54, 1.807) is 0 Å². The first-order chi connectivity index (χ1) is 12.2. The second-order valence-corrected chi connectivity index (χ2v) is 6.45. The van der Waals surface area contributed by atoms with E-state index in [4.69, 9.17) is 0 Å². The molecule has 0 fully saturated rings. The van der Waals surface area contributed by atoms with Crippen molar-refractivity contribution in [1.29, 1.82) is 0 Å². The zero-order chi connectivity index (χ0) is 18.1. The van der Waals surface area contributed by atoms with Crippen LogP contribution in [0, 0.1) is 0 Å². The number of hydrogen-bond donors (Lipinski definition) is 0. The molecule has 0 aliphatic rings. The first-order valence-electron chi connectivity index (χ1n) is 9.25. The molecule has 0 radical (unpaired) electrons. The molecule has 2 aromatic rings. The smallest absolute Gasteiger partial charge is 0.237 e. The number of unbranched alkanes of at least 4 members (excludes halogenated alkanes) is 1. The van der Waals surface area contributed by atoms with E-state index in [2.05, 4.69) is 43.0 Å². The van der Waals surface area contributed by atoms with Crippen LogP contribution in [0.3, 0.4) is 0 Å². The SMILES string of the molecule is CCCCN(CC)CC(=O)N(C)C(c1ccccc1)c1ccccc1. The Labute approximate surface area is 152 Å². The average Bonchev–Trinajstić information content (AvgIpc) is 2.66. The lowest BCUT2D eigenvalue weighted by Crippen LogP contribution is -2.40. The second kappa shape index (κ2) is 10.00. The molecule has 0 bridgehead atoms. The first kappa shape index (κ1) is 19.2. The summed E-state index contributed by atoms with van der Waals surface area (Å²) in [6.45, 7) is 6.66. The van der Waals surface area contributed by atoms with Gasteiger partial charge in [0, 0.05) is 7.05 Å². The summed E-state index contributed by atoms with van der Waals surface area (Å²) >= 11 is 0. The molecule has 1 amide bonds. The van der Waals surface area contributed by atoms with Crippen molar-refractivity contribution in [3.63, 3.8) is 0 Å². The van der Waals surface area contributed by atoms with E-state index >= 15 is 0 Å². The summed E-state index contributed by atoms with van der Waals surface area (Å²) in [4.78, 5) is 17.1. The van der Waals surface area contributed by atoms with E-state index < -0.39 is 0 Å². The van der Waals surface area contributed by atoms with E-state index in [9.17, 15) is 4.79 Å². The molecule has 25 heavy (non-hydrogen) atoms. The molecular weight excluding hydrogens is 308 g/mol. The largest absolute Gasteiger partial charge is 0.334 e. The van der Waals surface area contributed by atoms with Gasteiger partial charge < -0.3 is 4.90 Å². The van der Waals surface area contributed by atoms with E-state index in [1.165, 1.54) is 0 Å². The Bertz CT molecular complexity index is 587. The van der Waals surface area contributed by atoms with Gasteiger partial charge in [0.1, 0.15) is 0 Å². The minimum atomic E-state index is -0.0558. The molecule has 0 unspecified atom stereocenters. The van der Waals surface area contributed by atoms with Crippen molar-refractivity contribution in [2.45, 2.75) is 32.7 Å². The topological polar surface area (TPSA) is 23.6 Å². The predicted octanol–water partition coefficient (Wildman–Crippen LogP) is 4.36. The molecule has 0 spiro atoms. The standard InChI is InChI=1S/C22H30N2O/c1-4-6-17-24(5-2)18-21(25)23(3)22(19-13-9-7-10-14-19)20-15-11-8-12-16-20/h7-16,22H,4-6,17-18H2,1-3H3. The highest BCUT2D eigenvalue weighted by molar-refractivity contribution is 5.79. The van der Waals surface area contributed by atoms with Gasteiger partial charge in [-0.05, 0) is 30.6 Å². The number of likely N-dealkylation sites (N-methyl/N-ethyl adjacent to an activating group) is 2. The lowest BCUT2D eigenvalue weighted by molar-refractivity contribution is -0.132. The number of carbonyl (C=O) groups excluding carboxylic acids is 1. The van der Waals surface area contributed by atoms with Gasteiger partial charge in [0.2, 0.25) is 5.91 Å². The Morgan fingerprint density at radius 3 is 1.88 bits per heavy atom. The van der Waals surface area contributed by atoms with Crippen LogP contribution in [0.5, 0.6) is 0 Å². The van der Waals surface area contributed by atoms with Gasteiger partial charge in [-0.2, -0.15) is 0 Å². The Morgan fingerprint density at radius 2 is 1.44 bits per heavy atom. The second-order valence-electron chi connectivity index (χ2n) is 6.45. The lowest BCUT2D eigenvalue weighted by atomic mass is 9.97. The number of carbonyl (C=O) groups is 1. The highest BCUT2D eigenvalue weighted by Gasteiger charge is 2.24. The number of nitrogens with zero attached hydrogens (tertiary/aromatic N) is 2. The minimum absolute atomic E-state index is 0.0558. The Balaban J connectivity index is 2.20. The fourth-order valence-electron chi connectivity index (χ4n) is 3.09. The molecule has 2 rings (SSSR count). The number of rotatable bonds is 9. The Morgan fingerprint density at radius 1 is 0.920 bits per heavy atom. The molecule has 2 aromatic carbocycles. The van der Waals surface area contributed by atoms with E-state index in [1.807, 2.05) is 48.3 Å². The van der Waals surface area contributed by atoms with Crippen LogP contribution < -0.4 is 0 Å². The monoisotopic (exact) mass is 338 g/mol. The van der Waals surface area contributed by atoms with Crippen LogP contribution in [0.1, 0.15) is 43.9 Å². The van der Waals surface area contributed by atoms with Crippen molar-refractivity contribution < 1.29 is 4.79 Å². The van der Waals surface area contributed by atoms with Crippen molar-refractivity contribution >= 4 is 5.91 Å². The third-order valence-electron chi connectivity index (χ3n) is 4.65. The van der Waals surface area contributed by atoms with Gasteiger partial charge in [-0.25, -0.2) is 0 Å². The van der Waals surface area contributed by atoms with Crippen LogP contribution in [0.2, 0.25) is 0 Å². The molecule has 0 saturated heterocycles. The first-order valence-corrected chi connectivity index (χ1v) is 9.25. The molecule has 134 valence electrons. The summed E-state index contributed by atoms with van der Waals surface area (Å²) in [5, 5.41) is 0. The van der Waals surface area contributed by atoms with Crippen molar-refractivity contribution in [3.8, 4) is 0 Å². The normalized spacial score (nSPS) is 11.1. The van der Waals surface area contributed by atoms with Gasteiger partial charge in [-0.3, -0.25) is 9.69 Å². The van der Waals surface area contributed by atoms with Crippen molar-refractivity contribution in [2.24, 2.45) is 0 Å². The minimum Gasteiger partial charge on any atom is -0.334 e. The maximum atomic E-state index is 12.9. The number of amides is 1. The molecule has 0 N–H and O–H groups in total. The highest BCUT2D eigenvalue weighted by Crippen LogP contribution is 2.27. The molecule has 0 heterocycles. The fourth-order valence-corrected chi connectivity index (χ4v) is 3.09. The Hall–Kier alpha value is -2.13. The summed E-state index contributed by atoms with van der Waals surface area (Å²) in [7, 11) is 1.92. The van der Waals surface area contributed by atoms with Crippen LogP contribution in [-0.2, 0) is 4.79 Å². The fraction of sp³-hybridized carbons (Fsp3) is 0.409. The summed E-state index contributed by atoms with van der Waals surface area (Å²) in [5.41, 5.74) is 2.28. The Kier molecular flexibility index (Phi) is 7.68. The molecule has 0 atom stereocenters. The van der Waals surface area contributed by atoms with Crippen LogP contribution >= 0.6 is 0 Å². The maximum Gasteiger partial charge on any atom is 0.237 e. The maximum absolute atomic E-state index is 12.9. The summed E-state index contributed by atoms with van der Waals surface area (Å²) in [6, 6.07) is 20.5. The quantitative estimate of drug-likeness (QED) is 0.678. The zero-order valence-electron chi connectivity index (χ0n) is 15.7. The van der Waals surface area contributed by atoms with E-state index in [0.717, 1.165) is 37.1 Å². The van der Waals surface area contributed by atoms with Gasteiger partial charge in [-0.1, -0.05) is 80.9 Å². The lowest BCUT2D eigenvalue weighted by Gasteiger charge is -2.31. The summed E-state index contributed by atoms with van der Waals surface area (Å²) in [6.07, 6.45) is 2.28. The van der Waals surface area contributed by atoms with Crippen LogP contribution in [0.4, 0.5) is 0 Å². The van der Waals surface area contributed by atoms with Crippen molar-refractivity contribution in [1.82, 2.24) is 9.80 Å². The van der Waals surface area contributed by atoms with Crippen molar-refractivity contribution in [2.75, 3.05) is 26.7 Å². The number of benzene rings is 2. The molecule has 3 heteroatoms. The molecule has 3 nitrogen and oxygen atoms in total. The zero-order valence-corrected chi connectivity index (χ0v) is 15.7. The van der Waals surface area contributed by atoms with Crippen molar-refractivity contribution in [3.05, 3.63) is 71.8 Å². The average molecular weight is 338 g/mol. The molecule has 0 aromatic heterocycles. The van der Waals surface area contributed by atoms with Gasteiger partial charge in [0.05, 0.1) is 12.6 Å². The van der Waals surface area contributed by atoms with Crippen LogP contribution in [-0.4, -0.2) is 42.4 Å². The van der Waals surface area contributed by atoms with Gasteiger partial charge >= 0.3 is 0 Å². The molecule has 0 aliphatic carbocycles. The predicted molar refractivity (Wildman–Crippen MR) is 105 cm³/mol. The third kappa shape index (κ3) is 5.43. The van der Waals surface area contributed by atoms with E-state index in [-0.39, 0.29) is 11.9 Å². The molecule has 0 aliphatic heterocycles. The molecular formula is C22H30N2O.